The van der Waals surface area contributed by atoms with Gasteiger partial charge in [0.1, 0.15) is 0 Å². The van der Waals surface area contributed by atoms with Crippen LogP contribution in [0.15, 0.2) is 27.8 Å². The van der Waals surface area contributed by atoms with Crippen LogP contribution in [0.3, 0.4) is 0 Å². The molecule has 2 heterocycles. The molecule has 0 bridgehead atoms. The molecule has 4 N–H and O–H groups in total. The summed E-state index contributed by atoms with van der Waals surface area (Å²) in [7, 11) is 0. The maximum atomic E-state index is 12.4. The lowest BCUT2D eigenvalue weighted by Crippen LogP contribution is -2.51. The van der Waals surface area contributed by atoms with E-state index in [-0.39, 0.29) is 30.4 Å². The number of nitrogens with one attached hydrogen (secondary N) is 4. The first-order valence-electron chi connectivity index (χ1n) is 7.35. The van der Waals surface area contributed by atoms with Gasteiger partial charge in [-0.15, -0.1) is 12.4 Å². The lowest BCUT2D eigenvalue weighted by atomic mass is 9.99. The molecular weight excluding hydrogens is 320 g/mol. The number of piperidine rings is 1. The molecule has 1 fully saturated rings. The summed E-state index contributed by atoms with van der Waals surface area (Å²) in [4.78, 5) is 39.9. The Balaban J connectivity index is 0.00000192. The van der Waals surface area contributed by atoms with Crippen LogP contribution in [0.5, 0.6) is 0 Å². The summed E-state index contributed by atoms with van der Waals surface area (Å²) in [5, 5.41) is 6.34. The van der Waals surface area contributed by atoms with E-state index >= 15 is 0 Å². The fourth-order valence-corrected chi connectivity index (χ4v) is 2.75. The van der Waals surface area contributed by atoms with Crippen LogP contribution >= 0.6 is 12.4 Å². The van der Waals surface area contributed by atoms with Gasteiger partial charge in [-0.25, -0.2) is 0 Å². The Kier molecular flexibility index (Phi) is 5.23. The maximum Gasteiger partial charge on any atom is 0.314 e. The minimum atomic E-state index is -0.727. The molecule has 2 unspecified atom stereocenters. The van der Waals surface area contributed by atoms with Crippen LogP contribution in [0.25, 0.3) is 11.0 Å². The van der Waals surface area contributed by atoms with Crippen LogP contribution in [0.4, 0.5) is 0 Å². The van der Waals surface area contributed by atoms with Crippen LogP contribution < -0.4 is 21.8 Å². The number of halogens is 1. The highest BCUT2D eigenvalue weighted by atomic mass is 35.5. The van der Waals surface area contributed by atoms with Gasteiger partial charge >= 0.3 is 11.1 Å². The average Bonchev–Trinajstić information content (AvgIpc) is 2.50. The Hall–Kier alpha value is -2.12. The van der Waals surface area contributed by atoms with E-state index in [1.807, 2.05) is 6.92 Å². The molecule has 1 aromatic carbocycles. The molecule has 1 saturated heterocycles. The third kappa shape index (κ3) is 3.62. The molecule has 0 spiro atoms. The quantitative estimate of drug-likeness (QED) is 0.598. The second-order valence-corrected chi connectivity index (χ2v) is 5.63. The van der Waals surface area contributed by atoms with E-state index in [1.54, 1.807) is 18.2 Å². The molecule has 1 aliphatic rings. The van der Waals surface area contributed by atoms with E-state index in [2.05, 4.69) is 20.6 Å². The van der Waals surface area contributed by atoms with Crippen molar-refractivity contribution in [3.63, 3.8) is 0 Å². The van der Waals surface area contributed by atoms with Crippen molar-refractivity contribution in [2.75, 3.05) is 6.54 Å². The second-order valence-electron chi connectivity index (χ2n) is 5.63. The van der Waals surface area contributed by atoms with Gasteiger partial charge in [0.2, 0.25) is 0 Å². The minimum absolute atomic E-state index is 0. The first-order chi connectivity index (χ1) is 10.5. The number of aromatic amines is 2. The molecule has 0 saturated carbocycles. The summed E-state index contributed by atoms with van der Waals surface area (Å²) in [5.41, 5.74) is -0.0455. The zero-order valence-corrected chi connectivity index (χ0v) is 13.5. The molecule has 23 heavy (non-hydrogen) atoms. The number of H-pyrrole nitrogens is 2. The SMILES string of the molecule is CC1NCCCC1NC(=O)c1ccc2[nH]c(=O)c(=O)[nH]c2c1.Cl. The van der Waals surface area contributed by atoms with Gasteiger partial charge in [-0.3, -0.25) is 14.4 Å². The summed E-state index contributed by atoms with van der Waals surface area (Å²) in [6.07, 6.45) is 1.97. The summed E-state index contributed by atoms with van der Waals surface area (Å²) < 4.78 is 0. The molecule has 124 valence electrons. The topological polar surface area (TPSA) is 107 Å². The predicted molar refractivity (Wildman–Crippen MR) is 90.4 cm³/mol. The molecule has 2 atom stereocenters. The van der Waals surface area contributed by atoms with E-state index in [1.165, 1.54) is 0 Å². The molecule has 0 radical (unpaired) electrons. The lowest BCUT2D eigenvalue weighted by Gasteiger charge is -2.30. The van der Waals surface area contributed by atoms with Crippen molar-refractivity contribution in [1.29, 1.82) is 0 Å². The molecule has 1 aliphatic heterocycles. The molecule has 1 amide bonds. The van der Waals surface area contributed by atoms with Gasteiger partial charge in [0.15, 0.2) is 0 Å². The fraction of sp³-hybridized carbons (Fsp3) is 0.400. The number of amides is 1. The van der Waals surface area contributed by atoms with Crippen molar-refractivity contribution < 1.29 is 4.79 Å². The monoisotopic (exact) mass is 338 g/mol. The van der Waals surface area contributed by atoms with Crippen LogP contribution in [-0.4, -0.2) is 34.5 Å². The van der Waals surface area contributed by atoms with E-state index in [0.717, 1.165) is 19.4 Å². The van der Waals surface area contributed by atoms with E-state index in [4.69, 9.17) is 0 Å². The van der Waals surface area contributed by atoms with Gasteiger partial charge in [-0.2, -0.15) is 0 Å². The van der Waals surface area contributed by atoms with Crippen LogP contribution in [0, 0.1) is 0 Å². The number of fused-ring (bicyclic) bond motifs is 1. The lowest BCUT2D eigenvalue weighted by molar-refractivity contribution is 0.0920. The van der Waals surface area contributed by atoms with Crippen molar-refractivity contribution >= 4 is 29.3 Å². The summed E-state index contributed by atoms with van der Waals surface area (Å²) in [5.74, 6) is -0.186. The summed E-state index contributed by atoms with van der Waals surface area (Å²) in [6, 6.07) is 5.14. The summed E-state index contributed by atoms with van der Waals surface area (Å²) in [6.45, 7) is 3.02. The zero-order valence-electron chi connectivity index (χ0n) is 12.6. The van der Waals surface area contributed by atoms with E-state index < -0.39 is 11.1 Å². The number of rotatable bonds is 2. The Bertz CT molecular complexity index is 829. The van der Waals surface area contributed by atoms with Crippen LogP contribution in [0.1, 0.15) is 30.1 Å². The molecule has 7 nitrogen and oxygen atoms in total. The standard InChI is InChI=1S/C15H18N4O3.ClH/c1-8-10(3-2-6-16-8)17-13(20)9-4-5-11-12(7-9)19-15(22)14(21)18-11;/h4-5,7-8,10,16H,2-3,6H2,1H3,(H,17,20)(H,18,21)(H,19,22);1H. The minimum Gasteiger partial charge on any atom is -0.348 e. The van der Waals surface area contributed by atoms with Gasteiger partial charge in [-0.05, 0) is 44.5 Å². The van der Waals surface area contributed by atoms with Crippen molar-refractivity contribution in [1.82, 2.24) is 20.6 Å². The largest absolute Gasteiger partial charge is 0.348 e. The second kappa shape index (κ2) is 6.97. The molecule has 8 heteroatoms. The first kappa shape index (κ1) is 17.2. The van der Waals surface area contributed by atoms with Crippen molar-refractivity contribution in [3.05, 3.63) is 44.5 Å². The highest BCUT2D eigenvalue weighted by Crippen LogP contribution is 2.12. The van der Waals surface area contributed by atoms with Crippen LogP contribution in [-0.2, 0) is 0 Å². The molecule has 3 rings (SSSR count). The normalized spacial score (nSPS) is 20.7. The van der Waals surface area contributed by atoms with Gasteiger partial charge in [0, 0.05) is 17.6 Å². The van der Waals surface area contributed by atoms with Crippen molar-refractivity contribution in [2.45, 2.75) is 31.8 Å². The Morgan fingerprint density at radius 1 is 1.17 bits per heavy atom. The average molecular weight is 339 g/mol. The zero-order chi connectivity index (χ0) is 15.7. The third-order valence-corrected chi connectivity index (χ3v) is 4.06. The van der Waals surface area contributed by atoms with E-state index in [0.29, 0.717) is 16.6 Å². The number of benzene rings is 1. The Morgan fingerprint density at radius 2 is 1.87 bits per heavy atom. The van der Waals surface area contributed by atoms with Gasteiger partial charge in [0.05, 0.1) is 11.0 Å². The van der Waals surface area contributed by atoms with Crippen molar-refractivity contribution in [3.8, 4) is 0 Å². The Labute approximate surface area is 138 Å². The summed E-state index contributed by atoms with van der Waals surface area (Å²) >= 11 is 0. The number of hydrogen-bond donors (Lipinski definition) is 4. The van der Waals surface area contributed by atoms with Gasteiger partial charge in [0.25, 0.3) is 5.91 Å². The van der Waals surface area contributed by atoms with Gasteiger partial charge in [-0.1, -0.05) is 0 Å². The highest BCUT2D eigenvalue weighted by molar-refractivity contribution is 5.97. The number of aromatic nitrogens is 2. The first-order valence-corrected chi connectivity index (χ1v) is 7.35. The highest BCUT2D eigenvalue weighted by Gasteiger charge is 2.22. The predicted octanol–water partition coefficient (Wildman–Crippen LogP) is 0.508. The van der Waals surface area contributed by atoms with E-state index in [9.17, 15) is 14.4 Å². The molecular formula is C15H19ClN4O3. The maximum absolute atomic E-state index is 12.4. The third-order valence-electron chi connectivity index (χ3n) is 4.06. The van der Waals surface area contributed by atoms with Crippen LogP contribution in [0.2, 0.25) is 0 Å². The number of carbonyl (C=O) groups excluding carboxylic acids is 1. The van der Waals surface area contributed by atoms with Crippen molar-refractivity contribution in [2.24, 2.45) is 0 Å². The molecule has 1 aromatic heterocycles. The molecule has 2 aromatic rings. The smallest absolute Gasteiger partial charge is 0.314 e. The fourth-order valence-electron chi connectivity index (χ4n) is 2.75. The number of carbonyl (C=O) groups is 1. The molecule has 0 aliphatic carbocycles. The van der Waals surface area contributed by atoms with Gasteiger partial charge < -0.3 is 20.6 Å². The Morgan fingerprint density at radius 3 is 2.57 bits per heavy atom. The number of hydrogen-bond acceptors (Lipinski definition) is 4.